The average Bonchev–Trinajstić information content (AvgIpc) is 2.29. The lowest BCUT2D eigenvalue weighted by molar-refractivity contribution is -0.116. The van der Waals surface area contributed by atoms with E-state index in [4.69, 9.17) is 0 Å². The number of hydrogen-bond donors (Lipinski definition) is 1. The van der Waals surface area contributed by atoms with Crippen LogP contribution in [0.1, 0.15) is 19.4 Å². The highest BCUT2D eigenvalue weighted by molar-refractivity contribution is 9.10. The molecule has 100 valence electrons. The summed E-state index contributed by atoms with van der Waals surface area (Å²) in [6, 6.07) is 5.94. The number of rotatable bonds is 4. The number of anilines is 2. The van der Waals surface area contributed by atoms with Crippen LogP contribution in [0, 0.1) is 12.8 Å². The van der Waals surface area contributed by atoms with Crippen molar-refractivity contribution >= 4 is 33.2 Å². The lowest BCUT2D eigenvalue weighted by Crippen LogP contribution is -2.27. The molecule has 0 saturated carbocycles. The van der Waals surface area contributed by atoms with Gasteiger partial charge in [0.05, 0.1) is 4.83 Å². The average molecular weight is 313 g/mol. The smallest absolute Gasteiger partial charge is 0.238 e. The van der Waals surface area contributed by atoms with Crippen LogP contribution in [-0.4, -0.2) is 24.8 Å². The van der Waals surface area contributed by atoms with Crippen LogP contribution in [0.25, 0.3) is 0 Å². The van der Waals surface area contributed by atoms with Crippen molar-refractivity contribution in [3.8, 4) is 0 Å². The fourth-order valence-electron chi connectivity index (χ4n) is 1.68. The van der Waals surface area contributed by atoms with Crippen LogP contribution in [0.15, 0.2) is 18.2 Å². The Morgan fingerprint density at radius 1 is 1.33 bits per heavy atom. The van der Waals surface area contributed by atoms with Crippen molar-refractivity contribution in [3.05, 3.63) is 23.8 Å². The lowest BCUT2D eigenvalue weighted by atomic mass is 10.1. The molecule has 0 fully saturated rings. The van der Waals surface area contributed by atoms with E-state index in [0.29, 0.717) is 0 Å². The molecule has 1 unspecified atom stereocenters. The highest BCUT2D eigenvalue weighted by Gasteiger charge is 2.18. The second kappa shape index (κ2) is 6.23. The van der Waals surface area contributed by atoms with E-state index in [1.165, 1.54) is 5.56 Å². The third kappa shape index (κ3) is 3.73. The molecule has 0 spiro atoms. The van der Waals surface area contributed by atoms with Crippen LogP contribution >= 0.6 is 15.9 Å². The van der Waals surface area contributed by atoms with E-state index in [2.05, 4.69) is 28.2 Å². The molecule has 0 radical (unpaired) electrons. The van der Waals surface area contributed by atoms with Gasteiger partial charge in [0, 0.05) is 25.5 Å². The van der Waals surface area contributed by atoms with Gasteiger partial charge in [0.15, 0.2) is 0 Å². The summed E-state index contributed by atoms with van der Waals surface area (Å²) < 4.78 is 0. The number of benzene rings is 1. The highest BCUT2D eigenvalue weighted by Crippen LogP contribution is 2.23. The van der Waals surface area contributed by atoms with Gasteiger partial charge in [0.25, 0.3) is 0 Å². The molecule has 18 heavy (non-hydrogen) atoms. The van der Waals surface area contributed by atoms with Crippen LogP contribution < -0.4 is 10.2 Å². The summed E-state index contributed by atoms with van der Waals surface area (Å²) in [5.41, 5.74) is 3.14. The molecule has 1 aromatic carbocycles. The van der Waals surface area contributed by atoms with Gasteiger partial charge in [-0.1, -0.05) is 35.8 Å². The first kappa shape index (κ1) is 15.0. The minimum absolute atomic E-state index is 0.00133. The number of alkyl halides is 1. The Kier molecular flexibility index (Phi) is 5.20. The zero-order valence-corrected chi connectivity index (χ0v) is 13.2. The second-order valence-corrected chi connectivity index (χ2v) is 6.02. The van der Waals surface area contributed by atoms with E-state index in [0.717, 1.165) is 11.4 Å². The van der Waals surface area contributed by atoms with Crippen molar-refractivity contribution in [1.82, 2.24) is 0 Å². The molecule has 0 heterocycles. The van der Waals surface area contributed by atoms with E-state index in [9.17, 15) is 4.79 Å². The maximum absolute atomic E-state index is 11.9. The predicted molar refractivity (Wildman–Crippen MR) is 81.7 cm³/mol. The van der Waals surface area contributed by atoms with Crippen molar-refractivity contribution < 1.29 is 4.79 Å². The van der Waals surface area contributed by atoms with Gasteiger partial charge in [-0.3, -0.25) is 4.79 Å². The van der Waals surface area contributed by atoms with Crippen LogP contribution in [0.5, 0.6) is 0 Å². The molecular formula is C14H21BrN2O. The largest absolute Gasteiger partial charge is 0.377 e. The van der Waals surface area contributed by atoms with Crippen molar-refractivity contribution in [2.45, 2.75) is 25.6 Å². The van der Waals surface area contributed by atoms with E-state index < -0.39 is 0 Å². The highest BCUT2D eigenvalue weighted by atomic mass is 79.9. The van der Waals surface area contributed by atoms with E-state index in [1.54, 1.807) is 0 Å². The van der Waals surface area contributed by atoms with Crippen LogP contribution in [0.4, 0.5) is 11.4 Å². The van der Waals surface area contributed by atoms with Gasteiger partial charge in [-0.15, -0.1) is 0 Å². The van der Waals surface area contributed by atoms with Crippen molar-refractivity contribution in [2.75, 3.05) is 24.3 Å². The Morgan fingerprint density at radius 3 is 2.44 bits per heavy atom. The molecule has 1 aromatic rings. The SMILES string of the molecule is Cc1ccc(NC(=O)C(Br)C(C)C)cc1N(C)C. The third-order valence-electron chi connectivity index (χ3n) is 2.79. The molecule has 0 aromatic heterocycles. The fourth-order valence-corrected chi connectivity index (χ4v) is 1.80. The molecule has 0 bridgehead atoms. The maximum Gasteiger partial charge on any atom is 0.238 e. The van der Waals surface area contributed by atoms with Gasteiger partial charge >= 0.3 is 0 Å². The number of nitrogens with one attached hydrogen (secondary N) is 1. The minimum Gasteiger partial charge on any atom is -0.377 e. The molecule has 1 N–H and O–H groups in total. The summed E-state index contributed by atoms with van der Waals surface area (Å²) in [4.78, 5) is 13.8. The summed E-state index contributed by atoms with van der Waals surface area (Å²) in [6.07, 6.45) is 0. The first-order chi connectivity index (χ1) is 8.32. The van der Waals surface area contributed by atoms with Crippen molar-refractivity contribution in [2.24, 2.45) is 5.92 Å². The lowest BCUT2D eigenvalue weighted by Gasteiger charge is -2.18. The first-order valence-electron chi connectivity index (χ1n) is 6.06. The van der Waals surface area contributed by atoms with Gasteiger partial charge in [0.2, 0.25) is 5.91 Å². The van der Waals surface area contributed by atoms with Gasteiger partial charge < -0.3 is 10.2 Å². The summed E-state index contributed by atoms with van der Waals surface area (Å²) in [6.45, 7) is 6.08. The van der Waals surface area contributed by atoms with Crippen LogP contribution in [-0.2, 0) is 4.79 Å². The molecule has 0 aliphatic heterocycles. The van der Waals surface area contributed by atoms with Crippen molar-refractivity contribution in [1.29, 1.82) is 0 Å². The predicted octanol–water partition coefficient (Wildman–Crippen LogP) is 3.42. The molecular weight excluding hydrogens is 292 g/mol. The van der Waals surface area contributed by atoms with E-state index in [-0.39, 0.29) is 16.7 Å². The molecule has 1 atom stereocenters. The number of nitrogens with zero attached hydrogens (tertiary/aromatic N) is 1. The Morgan fingerprint density at radius 2 is 1.94 bits per heavy atom. The zero-order chi connectivity index (χ0) is 13.9. The number of carbonyl (C=O) groups is 1. The van der Waals surface area contributed by atoms with E-state index in [1.807, 2.05) is 51.0 Å². The molecule has 1 rings (SSSR count). The van der Waals surface area contributed by atoms with Gasteiger partial charge in [-0.2, -0.15) is 0 Å². The Hall–Kier alpha value is -1.03. The summed E-state index contributed by atoms with van der Waals surface area (Å²) in [7, 11) is 3.99. The van der Waals surface area contributed by atoms with Crippen molar-refractivity contribution in [3.63, 3.8) is 0 Å². The standard InChI is InChI=1S/C14H21BrN2O/c1-9(2)13(15)14(18)16-11-7-6-10(3)12(8-11)17(4)5/h6-9,13H,1-5H3,(H,16,18). The Balaban J connectivity index is 2.86. The van der Waals surface area contributed by atoms with Gasteiger partial charge in [-0.25, -0.2) is 0 Å². The van der Waals surface area contributed by atoms with Crippen LogP contribution in [0.3, 0.4) is 0 Å². The number of halogens is 1. The number of carbonyl (C=O) groups excluding carboxylic acids is 1. The van der Waals surface area contributed by atoms with Gasteiger partial charge in [0.1, 0.15) is 0 Å². The summed E-state index contributed by atoms with van der Waals surface area (Å²) in [5, 5.41) is 2.93. The van der Waals surface area contributed by atoms with E-state index >= 15 is 0 Å². The molecule has 3 nitrogen and oxygen atoms in total. The fraction of sp³-hybridized carbons (Fsp3) is 0.500. The normalized spacial score (nSPS) is 12.4. The van der Waals surface area contributed by atoms with Crippen LogP contribution in [0.2, 0.25) is 0 Å². The third-order valence-corrected chi connectivity index (χ3v) is 4.27. The number of amides is 1. The number of hydrogen-bond acceptors (Lipinski definition) is 2. The molecule has 0 saturated heterocycles. The minimum atomic E-state index is -0.165. The summed E-state index contributed by atoms with van der Waals surface area (Å²) in [5.74, 6) is 0.266. The first-order valence-corrected chi connectivity index (χ1v) is 6.97. The quantitative estimate of drug-likeness (QED) is 0.864. The topological polar surface area (TPSA) is 32.3 Å². The maximum atomic E-state index is 11.9. The second-order valence-electron chi connectivity index (χ2n) is 5.03. The monoisotopic (exact) mass is 312 g/mol. The molecule has 1 amide bonds. The molecule has 0 aliphatic rings. The Bertz CT molecular complexity index is 430. The Labute approximate surface area is 118 Å². The summed E-state index contributed by atoms with van der Waals surface area (Å²) >= 11 is 3.40. The number of aryl methyl sites for hydroxylation is 1. The zero-order valence-electron chi connectivity index (χ0n) is 11.6. The van der Waals surface area contributed by atoms with Gasteiger partial charge in [-0.05, 0) is 30.5 Å². The molecule has 0 aliphatic carbocycles. The molecule has 4 heteroatoms.